The SMILES string of the molecule is O=C(Nc1cccc(C(=O)N2CCN(c3cc[nH+]cc3)CC2)c1)c1cccs1. The zero-order valence-corrected chi connectivity index (χ0v) is 16.1. The Balaban J connectivity index is 1.39. The molecule has 0 spiro atoms. The van der Waals surface area contributed by atoms with Crippen molar-refractivity contribution in [1.29, 1.82) is 0 Å². The molecule has 2 aromatic heterocycles. The molecule has 1 aliphatic heterocycles. The van der Waals surface area contributed by atoms with E-state index in [4.69, 9.17) is 0 Å². The van der Waals surface area contributed by atoms with Crippen molar-refractivity contribution >= 4 is 34.5 Å². The summed E-state index contributed by atoms with van der Waals surface area (Å²) in [5.74, 6) is -0.165. The highest BCUT2D eigenvalue weighted by Crippen LogP contribution is 2.18. The number of aromatic amines is 1. The van der Waals surface area contributed by atoms with Crippen molar-refractivity contribution in [3.63, 3.8) is 0 Å². The number of rotatable bonds is 4. The van der Waals surface area contributed by atoms with E-state index in [0.29, 0.717) is 29.2 Å². The second-order valence-corrected chi connectivity index (χ2v) is 7.50. The molecule has 28 heavy (non-hydrogen) atoms. The molecule has 2 N–H and O–H groups in total. The molecule has 1 fully saturated rings. The lowest BCUT2D eigenvalue weighted by Gasteiger charge is -2.35. The molecule has 142 valence electrons. The van der Waals surface area contributed by atoms with Gasteiger partial charge in [-0.1, -0.05) is 12.1 Å². The van der Waals surface area contributed by atoms with Crippen LogP contribution in [0.5, 0.6) is 0 Å². The van der Waals surface area contributed by atoms with Gasteiger partial charge in [-0.15, -0.1) is 11.3 Å². The quantitative estimate of drug-likeness (QED) is 0.741. The lowest BCUT2D eigenvalue weighted by molar-refractivity contribution is -0.377. The highest BCUT2D eigenvalue weighted by Gasteiger charge is 2.23. The fourth-order valence-corrected chi connectivity index (χ4v) is 3.89. The summed E-state index contributed by atoms with van der Waals surface area (Å²) in [6.45, 7) is 2.93. The average molecular weight is 393 g/mol. The number of amides is 2. The van der Waals surface area contributed by atoms with Gasteiger partial charge < -0.3 is 15.1 Å². The number of carbonyl (C=O) groups excluding carboxylic acids is 2. The number of carbonyl (C=O) groups is 2. The monoisotopic (exact) mass is 393 g/mol. The number of anilines is 2. The Hall–Kier alpha value is -3.19. The van der Waals surface area contributed by atoms with Gasteiger partial charge in [-0.25, -0.2) is 4.98 Å². The topological polar surface area (TPSA) is 66.8 Å². The van der Waals surface area contributed by atoms with Crippen LogP contribution in [0.15, 0.2) is 66.3 Å². The Morgan fingerprint density at radius 3 is 2.46 bits per heavy atom. The second kappa shape index (κ2) is 8.22. The number of thiophene rings is 1. The van der Waals surface area contributed by atoms with Gasteiger partial charge in [0, 0.05) is 55.2 Å². The van der Waals surface area contributed by atoms with E-state index in [-0.39, 0.29) is 11.8 Å². The van der Waals surface area contributed by atoms with E-state index in [2.05, 4.69) is 15.2 Å². The predicted octanol–water partition coefficient (Wildman–Crippen LogP) is 2.78. The normalized spacial score (nSPS) is 14.0. The van der Waals surface area contributed by atoms with Crippen molar-refractivity contribution in [3.05, 3.63) is 76.7 Å². The maximum absolute atomic E-state index is 12.9. The van der Waals surface area contributed by atoms with Gasteiger partial charge in [-0.2, -0.15) is 0 Å². The van der Waals surface area contributed by atoms with Crippen molar-refractivity contribution in [3.8, 4) is 0 Å². The fraction of sp³-hybridized carbons (Fsp3) is 0.190. The molecule has 0 saturated carbocycles. The second-order valence-electron chi connectivity index (χ2n) is 6.55. The summed E-state index contributed by atoms with van der Waals surface area (Å²) in [4.78, 5) is 32.9. The molecule has 0 atom stereocenters. The largest absolute Gasteiger partial charge is 0.368 e. The zero-order valence-electron chi connectivity index (χ0n) is 15.3. The molecule has 1 aliphatic rings. The van der Waals surface area contributed by atoms with E-state index in [1.807, 2.05) is 40.9 Å². The van der Waals surface area contributed by atoms with Gasteiger partial charge in [0.05, 0.1) is 4.88 Å². The first-order chi connectivity index (χ1) is 13.7. The molecular weight excluding hydrogens is 372 g/mol. The smallest absolute Gasteiger partial charge is 0.265 e. The lowest BCUT2D eigenvalue weighted by atomic mass is 10.1. The van der Waals surface area contributed by atoms with E-state index in [1.165, 1.54) is 11.3 Å². The van der Waals surface area contributed by atoms with Gasteiger partial charge in [0.1, 0.15) is 0 Å². The van der Waals surface area contributed by atoms with Gasteiger partial charge in [0.15, 0.2) is 12.4 Å². The molecule has 0 bridgehead atoms. The fourth-order valence-electron chi connectivity index (χ4n) is 3.27. The Labute approximate surface area is 167 Å². The van der Waals surface area contributed by atoms with Crippen LogP contribution in [0.2, 0.25) is 0 Å². The Kier molecular flexibility index (Phi) is 5.34. The third-order valence-corrected chi connectivity index (χ3v) is 5.61. The van der Waals surface area contributed by atoms with E-state index < -0.39 is 0 Å². The molecule has 1 saturated heterocycles. The van der Waals surface area contributed by atoms with Crippen molar-refractivity contribution in [2.75, 3.05) is 36.4 Å². The number of nitrogens with one attached hydrogen (secondary N) is 2. The van der Waals surface area contributed by atoms with Crippen LogP contribution in [0.4, 0.5) is 11.4 Å². The van der Waals surface area contributed by atoms with Crippen molar-refractivity contribution in [2.45, 2.75) is 0 Å². The van der Waals surface area contributed by atoms with Gasteiger partial charge >= 0.3 is 0 Å². The number of nitrogens with zero attached hydrogens (tertiary/aromatic N) is 2. The highest BCUT2D eigenvalue weighted by atomic mass is 32.1. The van der Waals surface area contributed by atoms with E-state index in [1.54, 1.807) is 30.3 Å². The number of hydrogen-bond donors (Lipinski definition) is 1. The van der Waals surface area contributed by atoms with Crippen LogP contribution in [0.25, 0.3) is 0 Å². The Bertz CT molecular complexity index is 952. The van der Waals surface area contributed by atoms with Crippen LogP contribution in [-0.4, -0.2) is 42.9 Å². The van der Waals surface area contributed by atoms with Crippen molar-refractivity contribution < 1.29 is 14.6 Å². The number of pyridine rings is 1. The number of H-pyrrole nitrogens is 1. The summed E-state index contributed by atoms with van der Waals surface area (Å²) in [6.07, 6.45) is 3.81. The van der Waals surface area contributed by atoms with Gasteiger partial charge in [-0.05, 0) is 29.6 Å². The highest BCUT2D eigenvalue weighted by molar-refractivity contribution is 7.12. The first-order valence-electron chi connectivity index (χ1n) is 9.16. The summed E-state index contributed by atoms with van der Waals surface area (Å²) in [7, 11) is 0. The lowest BCUT2D eigenvalue weighted by Crippen LogP contribution is -2.48. The molecule has 0 aliphatic carbocycles. The number of piperazine rings is 1. The van der Waals surface area contributed by atoms with E-state index >= 15 is 0 Å². The third-order valence-electron chi connectivity index (χ3n) is 4.75. The number of benzene rings is 1. The van der Waals surface area contributed by atoms with Gasteiger partial charge in [0.25, 0.3) is 11.8 Å². The minimum Gasteiger partial charge on any atom is -0.368 e. The molecule has 3 heterocycles. The zero-order chi connectivity index (χ0) is 19.3. The summed E-state index contributed by atoms with van der Waals surface area (Å²) in [6, 6.07) is 14.8. The van der Waals surface area contributed by atoms with Crippen LogP contribution < -0.4 is 15.2 Å². The maximum Gasteiger partial charge on any atom is 0.265 e. The first-order valence-corrected chi connectivity index (χ1v) is 10.0. The van der Waals surface area contributed by atoms with Crippen LogP contribution in [-0.2, 0) is 0 Å². The summed E-state index contributed by atoms with van der Waals surface area (Å²) < 4.78 is 0. The molecule has 6 nitrogen and oxygen atoms in total. The minimum absolute atomic E-state index is 0.00623. The van der Waals surface area contributed by atoms with Gasteiger partial charge in [0.2, 0.25) is 0 Å². The Morgan fingerprint density at radius 1 is 0.964 bits per heavy atom. The predicted molar refractivity (Wildman–Crippen MR) is 110 cm³/mol. The average Bonchev–Trinajstić information content (AvgIpc) is 3.29. The summed E-state index contributed by atoms with van der Waals surface area (Å²) in [5.41, 5.74) is 2.37. The summed E-state index contributed by atoms with van der Waals surface area (Å²) >= 11 is 1.39. The molecular formula is C21H21N4O2S+. The molecule has 1 aromatic carbocycles. The maximum atomic E-state index is 12.9. The summed E-state index contributed by atoms with van der Waals surface area (Å²) in [5, 5.41) is 4.72. The van der Waals surface area contributed by atoms with Crippen LogP contribution in [0.3, 0.4) is 0 Å². The van der Waals surface area contributed by atoms with Crippen LogP contribution in [0.1, 0.15) is 20.0 Å². The Morgan fingerprint density at radius 2 is 1.75 bits per heavy atom. The molecule has 0 unspecified atom stereocenters. The molecule has 4 rings (SSSR count). The number of aromatic nitrogens is 1. The standard InChI is InChI=1S/C21H20N4O2S/c26-20(19-5-2-14-28-19)23-17-4-1-3-16(15-17)21(27)25-12-10-24(11-13-25)18-6-8-22-9-7-18/h1-9,14-15H,10-13H2,(H,23,26)/p+1. The minimum atomic E-state index is -0.159. The molecule has 2 amide bonds. The number of hydrogen-bond acceptors (Lipinski definition) is 4. The van der Waals surface area contributed by atoms with E-state index in [0.717, 1.165) is 18.8 Å². The van der Waals surface area contributed by atoms with Crippen LogP contribution >= 0.6 is 11.3 Å². The molecule has 3 aromatic rings. The first kappa shape index (κ1) is 18.2. The van der Waals surface area contributed by atoms with Crippen LogP contribution in [0, 0.1) is 0 Å². The van der Waals surface area contributed by atoms with E-state index in [9.17, 15) is 9.59 Å². The van der Waals surface area contributed by atoms with Crippen molar-refractivity contribution in [2.24, 2.45) is 0 Å². The molecule has 0 radical (unpaired) electrons. The molecule has 7 heteroatoms. The van der Waals surface area contributed by atoms with Crippen molar-refractivity contribution in [1.82, 2.24) is 4.90 Å². The third kappa shape index (κ3) is 4.04. The van der Waals surface area contributed by atoms with Gasteiger partial charge in [-0.3, -0.25) is 9.59 Å².